The first-order valence-corrected chi connectivity index (χ1v) is 8.09. The number of hydrogen-bond acceptors (Lipinski definition) is 6. The van der Waals surface area contributed by atoms with Crippen LogP contribution in [0.15, 0.2) is 18.2 Å². The van der Waals surface area contributed by atoms with Crippen LogP contribution in [0.25, 0.3) is 0 Å². The monoisotopic (exact) mass is 333 g/mol. The molecule has 1 saturated heterocycles. The van der Waals surface area contributed by atoms with E-state index in [1.807, 2.05) is 13.0 Å². The van der Waals surface area contributed by atoms with E-state index in [1.165, 1.54) is 0 Å². The Hall–Kier alpha value is -2.30. The zero-order valence-corrected chi connectivity index (χ0v) is 13.9. The molecule has 0 unspecified atom stereocenters. The van der Waals surface area contributed by atoms with Crippen molar-refractivity contribution in [3.8, 4) is 17.6 Å². The van der Waals surface area contributed by atoms with Gasteiger partial charge < -0.3 is 19.5 Å². The fourth-order valence-electron chi connectivity index (χ4n) is 2.34. The summed E-state index contributed by atoms with van der Waals surface area (Å²) in [5, 5.41) is 11.8. The molecule has 1 aromatic carbocycles. The van der Waals surface area contributed by atoms with Crippen molar-refractivity contribution in [2.24, 2.45) is 0 Å². The number of rotatable bonds is 8. The molecular formula is C17H23N3O4. The Morgan fingerprint density at radius 1 is 1.33 bits per heavy atom. The molecule has 1 heterocycles. The summed E-state index contributed by atoms with van der Waals surface area (Å²) < 4.78 is 16.2. The summed E-state index contributed by atoms with van der Waals surface area (Å²) in [4.78, 5) is 14.1. The highest BCUT2D eigenvalue weighted by Crippen LogP contribution is 2.28. The molecule has 130 valence electrons. The minimum Gasteiger partial charge on any atom is -0.490 e. The Bertz CT molecular complexity index is 580. The summed E-state index contributed by atoms with van der Waals surface area (Å²) >= 11 is 0. The molecular weight excluding hydrogens is 310 g/mol. The van der Waals surface area contributed by atoms with E-state index in [1.54, 1.807) is 18.2 Å². The number of hydrogen-bond donors (Lipinski definition) is 1. The average Bonchev–Trinajstić information content (AvgIpc) is 2.61. The van der Waals surface area contributed by atoms with E-state index in [0.29, 0.717) is 30.2 Å². The third-order valence-corrected chi connectivity index (χ3v) is 3.59. The van der Waals surface area contributed by atoms with Crippen LogP contribution in [0.4, 0.5) is 0 Å². The molecule has 24 heavy (non-hydrogen) atoms. The van der Waals surface area contributed by atoms with E-state index in [4.69, 9.17) is 19.5 Å². The van der Waals surface area contributed by atoms with E-state index in [0.717, 1.165) is 32.8 Å². The molecule has 0 aliphatic carbocycles. The molecule has 0 bridgehead atoms. The van der Waals surface area contributed by atoms with E-state index in [-0.39, 0.29) is 12.5 Å². The van der Waals surface area contributed by atoms with Crippen LogP contribution >= 0.6 is 0 Å². The number of nitrogens with one attached hydrogen (secondary N) is 1. The van der Waals surface area contributed by atoms with Crippen molar-refractivity contribution >= 4 is 5.91 Å². The topological polar surface area (TPSA) is 83.8 Å². The van der Waals surface area contributed by atoms with Crippen molar-refractivity contribution in [3.63, 3.8) is 0 Å². The summed E-state index contributed by atoms with van der Waals surface area (Å²) in [6.45, 7) is 6.88. The summed E-state index contributed by atoms with van der Waals surface area (Å²) in [6.07, 6.45) is 0. The molecule has 2 rings (SSSR count). The van der Waals surface area contributed by atoms with Gasteiger partial charge in [-0.15, -0.1) is 0 Å². The number of amides is 1. The molecule has 1 aliphatic heterocycles. The van der Waals surface area contributed by atoms with E-state index in [9.17, 15) is 4.79 Å². The highest BCUT2D eigenvalue weighted by Gasteiger charge is 2.11. The summed E-state index contributed by atoms with van der Waals surface area (Å²) in [5.41, 5.74) is 0.487. The van der Waals surface area contributed by atoms with Gasteiger partial charge >= 0.3 is 0 Å². The van der Waals surface area contributed by atoms with Gasteiger partial charge in [-0.1, -0.05) is 0 Å². The molecule has 0 radical (unpaired) electrons. The fourth-order valence-corrected chi connectivity index (χ4v) is 2.34. The SMILES string of the molecule is CCOc1cc(C#N)ccc1OCC(=O)NCCN1CCOCC1. The predicted molar refractivity (Wildman–Crippen MR) is 88.1 cm³/mol. The zero-order chi connectivity index (χ0) is 17.2. The summed E-state index contributed by atoms with van der Waals surface area (Å²) in [5.74, 6) is 0.743. The van der Waals surface area contributed by atoms with Crippen molar-refractivity contribution in [2.75, 3.05) is 52.6 Å². The summed E-state index contributed by atoms with van der Waals surface area (Å²) in [6, 6.07) is 6.93. The second-order valence-corrected chi connectivity index (χ2v) is 5.30. The van der Waals surface area contributed by atoms with Crippen LogP contribution in [0.5, 0.6) is 11.5 Å². The number of nitrogens with zero attached hydrogens (tertiary/aromatic N) is 2. The Labute approximate surface area is 142 Å². The number of morpholine rings is 1. The quantitative estimate of drug-likeness (QED) is 0.757. The zero-order valence-electron chi connectivity index (χ0n) is 13.9. The van der Waals surface area contributed by atoms with Crippen LogP contribution in [0.1, 0.15) is 12.5 Å². The van der Waals surface area contributed by atoms with Crippen LogP contribution in [-0.4, -0.2) is 63.4 Å². The lowest BCUT2D eigenvalue weighted by Crippen LogP contribution is -2.42. The number of carbonyl (C=O) groups is 1. The van der Waals surface area contributed by atoms with Crippen molar-refractivity contribution in [3.05, 3.63) is 23.8 Å². The minimum atomic E-state index is -0.185. The number of benzene rings is 1. The van der Waals surface area contributed by atoms with Gasteiger partial charge in [0.15, 0.2) is 18.1 Å². The second-order valence-electron chi connectivity index (χ2n) is 5.30. The van der Waals surface area contributed by atoms with Gasteiger partial charge in [0.25, 0.3) is 5.91 Å². The van der Waals surface area contributed by atoms with Gasteiger partial charge in [0, 0.05) is 32.2 Å². The normalized spacial score (nSPS) is 14.7. The molecule has 7 nitrogen and oxygen atoms in total. The molecule has 1 aromatic rings. The highest BCUT2D eigenvalue weighted by molar-refractivity contribution is 5.77. The van der Waals surface area contributed by atoms with Crippen LogP contribution in [-0.2, 0) is 9.53 Å². The third-order valence-electron chi connectivity index (χ3n) is 3.59. The maximum atomic E-state index is 11.9. The third kappa shape index (κ3) is 5.72. The lowest BCUT2D eigenvalue weighted by Gasteiger charge is -2.26. The van der Waals surface area contributed by atoms with Crippen LogP contribution in [0.2, 0.25) is 0 Å². The molecule has 7 heteroatoms. The van der Waals surface area contributed by atoms with Gasteiger partial charge in [0.05, 0.1) is 31.5 Å². The number of ether oxygens (including phenoxy) is 3. The van der Waals surface area contributed by atoms with Gasteiger partial charge in [0.1, 0.15) is 0 Å². The highest BCUT2D eigenvalue weighted by atomic mass is 16.5. The van der Waals surface area contributed by atoms with Crippen LogP contribution in [0.3, 0.4) is 0 Å². The molecule has 0 atom stereocenters. The first-order chi connectivity index (χ1) is 11.7. The standard InChI is InChI=1S/C17H23N3O4/c1-2-23-16-11-14(12-18)3-4-15(16)24-13-17(21)19-5-6-20-7-9-22-10-8-20/h3-4,11H,2,5-10,13H2,1H3,(H,19,21). The van der Waals surface area contributed by atoms with E-state index in [2.05, 4.69) is 10.2 Å². The maximum absolute atomic E-state index is 11.9. The molecule has 1 amide bonds. The minimum absolute atomic E-state index is 0.0882. The Kier molecular flexibility index (Phi) is 7.33. The van der Waals surface area contributed by atoms with Gasteiger partial charge in [0.2, 0.25) is 0 Å². The van der Waals surface area contributed by atoms with Gasteiger partial charge in [-0.3, -0.25) is 9.69 Å². The second kappa shape index (κ2) is 9.75. The molecule has 0 aromatic heterocycles. The van der Waals surface area contributed by atoms with Crippen molar-refractivity contribution in [1.82, 2.24) is 10.2 Å². The van der Waals surface area contributed by atoms with Crippen LogP contribution in [0, 0.1) is 11.3 Å². The van der Waals surface area contributed by atoms with Crippen LogP contribution < -0.4 is 14.8 Å². The smallest absolute Gasteiger partial charge is 0.257 e. The lowest BCUT2D eigenvalue weighted by molar-refractivity contribution is -0.123. The maximum Gasteiger partial charge on any atom is 0.257 e. The Morgan fingerprint density at radius 2 is 2.12 bits per heavy atom. The largest absolute Gasteiger partial charge is 0.490 e. The van der Waals surface area contributed by atoms with Gasteiger partial charge in [-0.05, 0) is 19.1 Å². The Morgan fingerprint density at radius 3 is 2.83 bits per heavy atom. The number of carbonyl (C=O) groups excluding carboxylic acids is 1. The molecule has 1 aliphatic rings. The first-order valence-electron chi connectivity index (χ1n) is 8.09. The molecule has 1 fully saturated rings. The summed E-state index contributed by atoms with van der Waals surface area (Å²) in [7, 11) is 0. The van der Waals surface area contributed by atoms with E-state index < -0.39 is 0 Å². The Balaban J connectivity index is 1.75. The van der Waals surface area contributed by atoms with Gasteiger partial charge in [-0.25, -0.2) is 0 Å². The first kappa shape index (κ1) is 18.0. The van der Waals surface area contributed by atoms with Gasteiger partial charge in [-0.2, -0.15) is 5.26 Å². The lowest BCUT2D eigenvalue weighted by atomic mass is 10.2. The van der Waals surface area contributed by atoms with E-state index >= 15 is 0 Å². The van der Waals surface area contributed by atoms with Crippen molar-refractivity contribution < 1.29 is 19.0 Å². The number of nitriles is 1. The molecule has 1 N–H and O–H groups in total. The molecule has 0 spiro atoms. The van der Waals surface area contributed by atoms with Crippen molar-refractivity contribution in [1.29, 1.82) is 5.26 Å². The fraction of sp³-hybridized carbons (Fsp3) is 0.529. The van der Waals surface area contributed by atoms with Crippen molar-refractivity contribution in [2.45, 2.75) is 6.92 Å². The molecule has 0 saturated carbocycles. The average molecular weight is 333 g/mol. The predicted octanol–water partition coefficient (Wildman–Crippen LogP) is 0.784.